The molecular weight excluding hydrogens is 274 g/mol. The lowest BCUT2D eigenvalue weighted by Crippen LogP contribution is -2.39. The minimum Gasteiger partial charge on any atom is -0.354 e. The van der Waals surface area contributed by atoms with E-state index in [9.17, 15) is 9.59 Å². The fourth-order valence-electron chi connectivity index (χ4n) is 2.05. The van der Waals surface area contributed by atoms with Crippen molar-refractivity contribution in [2.75, 3.05) is 6.54 Å². The minimum absolute atomic E-state index is 0.119. The first-order valence-electron chi connectivity index (χ1n) is 6.34. The van der Waals surface area contributed by atoms with Gasteiger partial charge in [0, 0.05) is 12.1 Å². The lowest BCUT2D eigenvalue weighted by molar-refractivity contribution is -0.120. The summed E-state index contributed by atoms with van der Waals surface area (Å²) in [5, 5.41) is 6.22. The van der Waals surface area contributed by atoms with Crippen molar-refractivity contribution < 1.29 is 9.59 Å². The number of carbonyl (C=O) groups excluding carboxylic acids is 2. The number of rotatable bonds is 3. The van der Waals surface area contributed by atoms with E-state index in [1.165, 1.54) is 11.3 Å². The van der Waals surface area contributed by atoms with Gasteiger partial charge in [0.1, 0.15) is 15.9 Å². The predicted octanol–water partition coefficient (Wildman–Crippen LogP) is 1.43. The van der Waals surface area contributed by atoms with Crippen molar-refractivity contribution in [2.45, 2.75) is 12.5 Å². The molecule has 1 saturated heterocycles. The Morgan fingerprint density at radius 2 is 2.15 bits per heavy atom. The standard InChI is InChI=1S/C14H13N3O2S/c18-12-10(6-7-15-12)17-13(19)11-8-16-14(20-11)9-4-2-1-3-5-9/h1-5,8,10H,6-7H2,(H,15,18)(H,17,19)/t10-/m0/s1. The Bertz CT molecular complexity index is 639. The van der Waals surface area contributed by atoms with E-state index in [-0.39, 0.29) is 11.8 Å². The summed E-state index contributed by atoms with van der Waals surface area (Å²) in [5.74, 6) is -0.363. The Balaban J connectivity index is 1.73. The topological polar surface area (TPSA) is 71.1 Å². The molecule has 1 aromatic carbocycles. The summed E-state index contributed by atoms with van der Waals surface area (Å²) in [6, 6.07) is 9.27. The molecule has 1 fully saturated rings. The number of nitrogens with one attached hydrogen (secondary N) is 2. The van der Waals surface area contributed by atoms with Gasteiger partial charge in [-0.15, -0.1) is 11.3 Å². The number of nitrogens with zero attached hydrogens (tertiary/aromatic N) is 1. The molecule has 1 aromatic heterocycles. The van der Waals surface area contributed by atoms with Gasteiger partial charge in [-0.2, -0.15) is 0 Å². The molecule has 0 bridgehead atoms. The van der Waals surface area contributed by atoms with Crippen molar-refractivity contribution in [1.82, 2.24) is 15.6 Å². The maximum absolute atomic E-state index is 12.1. The lowest BCUT2D eigenvalue weighted by Gasteiger charge is -2.07. The third kappa shape index (κ3) is 2.55. The molecular formula is C14H13N3O2S. The molecule has 2 heterocycles. The maximum Gasteiger partial charge on any atom is 0.263 e. The Kier molecular flexibility index (Phi) is 3.47. The second-order valence-electron chi connectivity index (χ2n) is 4.50. The summed E-state index contributed by atoms with van der Waals surface area (Å²) in [7, 11) is 0. The van der Waals surface area contributed by atoms with Crippen LogP contribution in [0.15, 0.2) is 36.5 Å². The van der Waals surface area contributed by atoms with Gasteiger partial charge >= 0.3 is 0 Å². The molecule has 5 nitrogen and oxygen atoms in total. The zero-order valence-electron chi connectivity index (χ0n) is 10.6. The van der Waals surface area contributed by atoms with Crippen LogP contribution in [-0.2, 0) is 4.79 Å². The summed E-state index contributed by atoms with van der Waals surface area (Å²) in [6.45, 7) is 0.613. The molecule has 0 radical (unpaired) electrons. The number of amides is 2. The SMILES string of the molecule is O=C(N[C@H]1CCNC1=O)c1cnc(-c2ccccc2)s1. The van der Waals surface area contributed by atoms with Crippen LogP contribution >= 0.6 is 11.3 Å². The number of benzene rings is 1. The van der Waals surface area contributed by atoms with Crippen LogP contribution in [0.25, 0.3) is 10.6 Å². The monoisotopic (exact) mass is 287 g/mol. The van der Waals surface area contributed by atoms with Crippen LogP contribution in [0.4, 0.5) is 0 Å². The Labute approximate surface area is 120 Å². The highest BCUT2D eigenvalue weighted by molar-refractivity contribution is 7.16. The molecule has 0 spiro atoms. The summed E-state index contributed by atoms with van der Waals surface area (Å²) in [5.41, 5.74) is 0.982. The molecule has 0 saturated carbocycles. The molecule has 6 heteroatoms. The van der Waals surface area contributed by atoms with Crippen molar-refractivity contribution in [1.29, 1.82) is 0 Å². The first-order chi connectivity index (χ1) is 9.74. The van der Waals surface area contributed by atoms with Gasteiger partial charge in [-0.05, 0) is 6.42 Å². The molecule has 102 valence electrons. The number of hydrogen-bond acceptors (Lipinski definition) is 4. The highest BCUT2D eigenvalue weighted by Gasteiger charge is 2.26. The molecule has 2 aromatic rings. The number of carbonyl (C=O) groups is 2. The highest BCUT2D eigenvalue weighted by atomic mass is 32.1. The predicted molar refractivity (Wildman–Crippen MR) is 76.4 cm³/mol. The van der Waals surface area contributed by atoms with E-state index in [2.05, 4.69) is 15.6 Å². The van der Waals surface area contributed by atoms with Gasteiger partial charge in [-0.25, -0.2) is 4.98 Å². The first-order valence-corrected chi connectivity index (χ1v) is 7.15. The van der Waals surface area contributed by atoms with Crippen molar-refractivity contribution in [3.8, 4) is 10.6 Å². The summed E-state index contributed by atoms with van der Waals surface area (Å²) >= 11 is 1.32. The third-order valence-corrected chi connectivity index (χ3v) is 4.15. The van der Waals surface area contributed by atoms with Gasteiger partial charge in [-0.1, -0.05) is 30.3 Å². The second-order valence-corrected chi connectivity index (χ2v) is 5.53. The van der Waals surface area contributed by atoms with Gasteiger partial charge in [0.25, 0.3) is 5.91 Å². The minimum atomic E-state index is -0.426. The smallest absolute Gasteiger partial charge is 0.263 e. The highest BCUT2D eigenvalue weighted by Crippen LogP contribution is 2.24. The fraction of sp³-hybridized carbons (Fsp3) is 0.214. The zero-order valence-corrected chi connectivity index (χ0v) is 11.4. The molecule has 2 amide bonds. The van der Waals surface area contributed by atoms with Crippen LogP contribution < -0.4 is 10.6 Å². The molecule has 2 N–H and O–H groups in total. The van der Waals surface area contributed by atoms with Gasteiger partial charge in [0.2, 0.25) is 5.91 Å². The fourth-order valence-corrected chi connectivity index (χ4v) is 2.88. The molecule has 3 rings (SSSR count). The van der Waals surface area contributed by atoms with Crippen molar-refractivity contribution in [2.24, 2.45) is 0 Å². The Morgan fingerprint density at radius 3 is 2.85 bits per heavy atom. The molecule has 1 aliphatic heterocycles. The largest absolute Gasteiger partial charge is 0.354 e. The van der Waals surface area contributed by atoms with E-state index in [0.717, 1.165) is 10.6 Å². The van der Waals surface area contributed by atoms with Crippen molar-refractivity contribution >= 4 is 23.2 Å². The van der Waals surface area contributed by atoms with E-state index < -0.39 is 6.04 Å². The van der Waals surface area contributed by atoms with Crippen LogP contribution in [0, 0.1) is 0 Å². The summed E-state index contributed by atoms with van der Waals surface area (Å²) in [4.78, 5) is 28.3. The lowest BCUT2D eigenvalue weighted by atomic mass is 10.2. The molecule has 0 unspecified atom stereocenters. The van der Waals surface area contributed by atoms with Gasteiger partial charge in [0.15, 0.2) is 0 Å². The van der Waals surface area contributed by atoms with Crippen LogP contribution in [0.2, 0.25) is 0 Å². The number of thiazole rings is 1. The Morgan fingerprint density at radius 1 is 1.35 bits per heavy atom. The van der Waals surface area contributed by atoms with E-state index in [1.807, 2.05) is 30.3 Å². The molecule has 0 aliphatic carbocycles. The van der Waals surface area contributed by atoms with Crippen LogP contribution in [-0.4, -0.2) is 29.4 Å². The van der Waals surface area contributed by atoms with Crippen molar-refractivity contribution in [3.63, 3.8) is 0 Å². The van der Waals surface area contributed by atoms with Crippen LogP contribution in [0.5, 0.6) is 0 Å². The zero-order chi connectivity index (χ0) is 13.9. The maximum atomic E-state index is 12.1. The average Bonchev–Trinajstić information content (AvgIpc) is 3.10. The molecule has 20 heavy (non-hydrogen) atoms. The first kappa shape index (κ1) is 12.8. The van der Waals surface area contributed by atoms with Gasteiger partial charge < -0.3 is 10.6 Å². The quantitative estimate of drug-likeness (QED) is 0.897. The van der Waals surface area contributed by atoms with E-state index in [0.29, 0.717) is 17.8 Å². The molecule has 1 aliphatic rings. The number of hydrogen-bond donors (Lipinski definition) is 2. The van der Waals surface area contributed by atoms with E-state index in [1.54, 1.807) is 6.20 Å². The van der Waals surface area contributed by atoms with Crippen LogP contribution in [0.1, 0.15) is 16.1 Å². The summed E-state index contributed by atoms with van der Waals surface area (Å²) < 4.78 is 0. The van der Waals surface area contributed by atoms with Gasteiger partial charge in [0.05, 0.1) is 6.20 Å². The number of aromatic nitrogens is 1. The van der Waals surface area contributed by atoms with Crippen LogP contribution in [0.3, 0.4) is 0 Å². The average molecular weight is 287 g/mol. The second kappa shape index (κ2) is 5.42. The van der Waals surface area contributed by atoms with Gasteiger partial charge in [-0.3, -0.25) is 9.59 Å². The normalized spacial score (nSPS) is 17.8. The third-order valence-electron chi connectivity index (χ3n) is 3.10. The van der Waals surface area contributed by atoms with E-state index in [4.69, 9.17) is 0 Å². The van der Waals surface area contributed by atoms with E-state index >= 15 is 0 Å². The Hall–Kier alpha value is -2.21. The van der Waals surface area contributed by atoms with Crippen molar-refractivity contribution in [3.05, 3.63) is 41.4 Å². The summed E-state index contributed by atoms with van der Waals surface area (Å²) in [6.07, 6.45) is 2.18. The molecule has 1 atom stereocenters.